The summed E-state index contributed by atoms with van der Waals surface area (Å²) in [5.74, 6) is 10.9. The molecular weight excluding hydrogens is 191 g/mol. The molecule has 3 heteroatoms. The third-order valence-corrected chi connectivity index (χ3v) is 2.19. The van der Waals surface area contributed by atoms with E-state index in [0.29, 0.717) is 18.4 Å². The summed E-state index contributed by atoms with van der Waals surface area (Å²) in [6, 6.07) is 6.70. The van der Waals surface area contributed by atoms with Crippen molar-refractivity contribution in [2.45, 2.75) is 25.8 Å². The molecule has 1 unspecified atom stereocenters. The Morgan fingerprint density at radius 1 is 1.47 bits per heavy atom. The summed E-state index contributed by atoms with van der Waals surface area (Å²) >= 11 is 0. The summed E-state index contributed by atoms with van der Waals surface area (Å²) in [6.07, 6.45) is 1.18. The minimum absolute atomic E-state index is 0.00523. The molecule has 0 saturated carbocycles. The van der Waals surface area contributed by atoms with Gasteiger partial charge in [0.05, 0.1) is 0 Å². The fourth-order valence-electron chi connectivity index (χ4n) is 1.34. The molecule has 2 nitrogen and oxygen atoms in total. The molecule has 0 aromatic heterocycles. The molecular formula is C12H15FN2. The van der Waals surface area contributed by atoms with Gasteiger partial charge in [-0.25, -0.2) is 4.39 Å². The van der Waals surface area contributed by atoms with E-state index in [1.54, 1.807) is 19.1 Å². The van der Waals surface area contributed by atoms with Crippen LogP contribution in [-0.2, 0) is 6.42 Å². The van der Waals surface area contributed by atoms with Crippen LogP contribution in [0.2, 0.25) is 0 Å². The SMILES string of the molecule is CC#CCC(Cc1ccccc1F)NN. The molecule has 0 heterocycles. The molecule has 0 aliphatic carbocycles. The van der Waals surface area contributed by atoms with E-state index < -0.39 is 0 Å². The van der Waals surface area contributed by atoms with Crippen LogP contribution >= 0.6 is 0 Å². The van der Waals surface area contributed by atoms with Gasteiger partial charge in [0.25, 0.3) is 0 Å². The lowest BCUT2D eigenvalue weighted by atomic mass is 10.0. The van der Waals surface area contributed by atoms with E-state index in [1.165, 1.54) is 6.07 Å². The number of benzene rings is 1. The smallest absolute Gasteiger partial charge is 0.126 e. The van der Waals surface area contributed by atoms with Crippen LogP contribution in [0.1, 0.15) is 18.9 Å². The number of hydrogen-bond acceptors (Lipinski definition) is 2. The molecule has 0 bridgehead atoms. The highest BCUT2D eigenvalue weighted by molar-refractivity contribution is 5.19. The number of rotatable bonds is 4. The number of hydrazine groups is 1. The molecule has 0 amide bonds. The maximum absolute atomic E-state index is 13.3. The van der Waals surface area contributed by atoms with Gasteiger partial charge < -0.3 is 0 Å². The molecule has 0 fully saturated rings. The second-order valence-electron chi connectivity index (χ2n) is 3.29. The molecule has 0 aliphatic heterocycles. The van der Waals surface area contributed by atoms with Crippen LogP contribution in [0.5, 0.6) is 0 Å². The zero-order valence-electron chi connectivity index (χ0n) is 8.76. The second kappa shape index (κ2) is 6.18. The third kappa shape index (κ3) is 3.70. The summed E-state index contributed by atoms with van der Waals surface area (Å²) in [4.78, 5) is 0. The molecule has 1 atom stereocenters. The van der Waals surface area contributed by atoms with Gasteiger partial charge >= 0.3 is 0 Å². The van der Waals surface area contributed by atoms with E-state index in [-0.39, 0.29) is 11.9 Å². The molecule has 3 N–H and O–H groups in total. The Morgan fingerprint density at radius 3 is 2.80 bits per heavy atom. The summed E-state index contributed by atoms with van der Waals surface area (Å²) < 4.78 is 13.3. The first-order valence-corrected chi connectivity index (χ1v) is 4.87. The summed E-state index contributed by atoms with van der Waals surface area (Å²) in [5.41, 5.74) is 3.31. The van der Waals surface area contributed by atoms with Crippen molar-refractivity contribution in [3.05, 3.63) is 35.6 Å². The number of nitrogens with two attached hydrogens (primary N) is 1. The molecule has 0 saturated heterocycles. The van der Waals surface area contributed by atoms with Gasteiger partial charge in [-0.3, -0.25) is 11.3 Å². The van der Waals surface area contributed by atoms with E-state index in [2.05, 4.69) is 17.3 Å². The standard InChI is InChI=1S/C12H15FN2/c1-2-3-7-11(15-14)9-10-6-4-5-8-12(10)13/h4-6,8,11,15H,7,9,14H2,1H3. The second-order valence-corrected chi connectivity index (χ2v) is 3.29. The van der Waals surface area contributed by atoms with Gasteiger partial charge in [-0.1, -0.05) is 18.2 Å². The molecule has 1 aromatic rings. The van der Waals surface area contributed by atoms with Crippen LogP contribution in [0, 0.1) is 17.7 Å². The lowest BCUT2D eigenvalue weighted by molar-refractivity contribution is 0.518. The molecule has 15 heavy (non-hydrogen) atoms. The average Bonchev–Trinajstić information content (AvgIpc) is 2.26. The molecule has 80 valence electrons. The topological polar surface area (TPSA) is 38.0 Å². The Labute approximate surface area is 89.6 Å². The Balaban J connectivity index is 2.65. The van der Waals surface area contributed by atoms with E-state index in [1.807, 2.05) is 6.07 Å². The minimum Gasteiger partial charge on any atom is -0.271 e. The van der Waals surface area contributed by atoms with Gasteiger partial charge in [-0.2, -0.15) is 0 Å². The molecule has 0 spiro atoms. The lowest BCUT2D eigenvalue weighted by Gasteiger charge is -2.13. The van der Waals surface area contributed by atoms with E-state index in [0.717, 1.165) is 0 Å². The van der Waals surface area contributed by atoms with E-state index in [9.17, 15) is 4.39 Å². The van der Waals surface area contributed by atoms with Crippen molar-refractivity contribution < 1.29 is 4.39 Å². The maximum Gasteiger partial charge on any atom is 0.126 e. The van der Waals surface area contributed by atoms with Crippen molar-refractivity contribution in [2.24, 2.45) is 5.84 Å². The van der Waals surface area contributed by atoms with Crippen molar-refractivity contribution in [3.8, 4) is 11.8 Å². The highest BCUT2D eigenvalue weighted by atomic mass is 19.1. The minimum atomic E-state index is -0.192. The molecule has 1 aromatic carbocycles. The quantitative estimate of drug-likeness (QED) is 0.446. The first-order chi connectivity index (χ1) is 7.27. The Morgan fingerprint density at radius 2 is 2.20 bits per heavy atom. The molecule has 0 aliphatic rings. The van der Waals surface area contributed by atoms with Crippen LogP contribution in [0.15, 0.2) is 24.3 Å². The fraction of sp³-hybridized carbons (Fsp3) is 0.333. The molecule has 1 rings (SSSR count). The van der Waals surface area contributed by atoms with Gasteiger partial charge in [-0.15, -0.1) is 11.8 Å². The third-order valence-electron chi connectivity index (χ3n) is 2.19. The highest BCUT2D eigenvalue weighted by Crippen LogP contribution is 2.10. The molecule has 0 radical (unpaired) electrons. The van der Waals surface area contributed by atoms with Crippen LogP contribution in [0.4, 0.5) is 4.39 Å². The van der Waals surface area contributed by atoms with Crippen LogP contribution in [0.25, 0.3) is 0 Å². The Bertz CT molecular complexity index is 365. The predicted molar refractivity (Wildman–Crippen MR) is 59.3 cm³/mol. The van der Waals surface area contributed by atoms with Crippen LogP contribution in [0.3, 0.4) is 0 Å². The Kier molecular flexibility index (Phi) is 4.82. The maximum atomic E-state index is 13.3. The largest absolute Gasteiger partial charge is 0.271 e. The van der Waals surface area contributed by atoms with Crippen molar-refractivity contribution >= 4 is 0 Å². The summed E-state index contributed by atoms with van der Waals surface area (Å²) in [6.45, 7) is 1.77. The monoisotopic (exact) mass is 206 g/mol. The van der Waals surface area contributed by atoms with Crippen molar-refractivity contribution in [1.82, 2.24) is 5.43 Å². The number of halogens is 1. The van der Waals surface area contributed by atoms with Gasteiger partial charge in [0, 0.05) is 12.5 Å². The van der Waals surface area contributed by atoms with E-state index >= 15 is 0 Å². The normalized spacial score (nSPS) is 11.7. The summed E-state index contributed by atoms with van der Waals surface area (Å²) in [7, 11) is 0. The zero-order chi connectivity index (χ0) is 11.1. The van der Waals surface area contributed by atoms with Gasteiger partial charge in [0.2, 0.25) is 0 Å². The lowest BCUT2D eigenvalue weighted by Crippen LogP contribution is -2.36. The van der Waals surface area contributed by atoms with Crippen molar-refractivity contribution in [2.75, 3.05) is 0 Å². The first kappa shape index (κ1) is 11.7. The van der Waals surface area contributed by atoms with Crippen molar-refractivity contribution in [3.63, 3.8) is 0 Å². The predicted octanol–water partition coefficient (Wildman–Crippen LogP) is 1.61. The Hall–Kier alpha value is -1.37. The van der Waals surface area contributed by atoms with Crippen LogP contribution in [-0.4, -0.2) is 6.04 Å². The van der Waals surface area contributed by atoms with Gasteiger partial charge in [-0.05, 0) is 25.0 Å². The first-order valence-electron chi connectivity index (χ1n) is 4.87. The van der Waals surface area contributed by atoms with E-state index in [4.69, 9.17) is 5.84 Å². The van der Waals surface area contributed by atoms with Gasteiger partial charge in [0.15, 0.2) is 0 Å². The fourth-order valence-corrected chi connectivity index (χ4v) is 1.34. The summed E-state index contributed by atoms with van der Waals surface area (Å²) in [5, 5.41) is 0. The number of nitrogens with one attached hydrogen (secondary N) is 1. The van der Waals surface area contributed by atoms with Crippen LogP contribution < -0.4 is 11.3 Å². The van der Waals surface area contributed by atoms with Crippen molar-refractivity contribution in [1.29, 1.82) is 0 Å². The van der Waals surface area contributed by atoms with Gasteiger partial charge in [0.1, 0.15) is 5.82 Å². The zero-order valence-corrected chi connectivity index (χ0v) is 8.76. The number of hydrogen-bond donors (Lipinski definition) is 2. The highest BCUT2D eigenvalue weighted by Gasteiger charge is 2.08. The average molecular weight is 206 g/mol.